The standard InChI is InChI=1S/C31H42O16/c1-42-20-12-16(5-8-19(20)45-31-29(41)27(39)25(37)22(14-33)47-31)6-9-23(35)43-10-2-3-15-4-7-18(17(34)11-15)44-30-28(40)26(38)24(36)21(13-32)46-30/h4-5,7-8,11-12,21-22,24-34,36-41H,2-3,6,9-10,13-14H2,1H3/t21-,22-,24-,25-,26+,27+,28-,29-,30-,31-/m1/s1. The summed E-state index contributed by atoms with van der Waals surface area (Å²) in [6.45, 7) is -1.09. The van der Waals surface area contributed by atoms with Gasteiger partial charge in [0, 0.05) is 6.42 Å². The van der Waals surface area contributed by atoms with Gasteiger partial charge in [0.15, 0.2) is 23.0 Å². The minimum absolute atomic E-state index is 0.0467. The monoisotopic (exact) mass is 670 g/mol. The summed E-state index contributed by atoms with van der Waals surface area (Å²) in [5.74, 6) is -0.314. The van der Waals surface area contributed by atoms with E-state index in [0.29, 0.717) is 24.8 Å². The van der Waals surface area contributed by atoms with Gasteiger partial charge in [-0.05, 0) is 54.7 Å². The molecule has 4 rings (SSSR count). The third kappa shape index (κ3) is 8.99. The number of ether oxygens (including phenoxy) is 6. The quantitative estimate of drug-likeness (QED) is 0.0768. The predicted octanol–water partition coefficient (Wildman–Crippen LogP) is -2.13. The molecule has 0 aliphatic carbocycles. The van der Waals surface area contributed by atoms with Crippen LogP contribution in [0.3, 0.4) is 0 Å². The van der Waals surface area contributed by atoms with E-state index < -0.39 is 80.6 Å². The molecule has 2 aromatic rings. The zero-order chi connectivity index (χ0) is 34.2. The van der Waals surface area contributed by atoms with Crippen LogP contribution < -0.4 is 14.2 Å². The number of aliphatic hydroxyl groups is 8. The molecule has 2 aliphatic rings. The number of methoxy groups -OCH3 is 1. The number of phenols is 1. The minimum atomic E-state index is -1.62. The molecule has 0 bridgehead atoms. The summed E-state index contributed by atoms with van der Waals surface area (Å²) in [5, 5.41) is 89.2. The highest BCUT2D eigenvalue weighted by atomic mass is 16.7. The van der Waals surface area contributed by atoms with Crippen molar-refractivity contribution in [2.45, 2.75) is 87.1 Å². The van der Waals surface area contributed by atoms with E-state index in [2.05, 4.69) is 0 Å². The fourth-order valence-electron chi connectivity index (χ4n) is 5.14. The van der Waals surface area contributed by atoms with E-state index in [4.69, 9.17) is 28.4 Å². The van der Waals surface area contributed by atoms with Crippen molar-refractivity contribution in [3.05, 3.63) is 47.5 Å². The molecule has 9 N–H and O–H groups in total. The summed E-state index contributed by atoms with van der Waals surface area (Å²) >= 11 is 0. The zero-order valence-corrected chi connectivity index (χ0v) is 25.6. The lowest BCUT2D eigenvalue weighted by atomic mass is 9.99. The Balaban J connectivity index is 1.20. The van der Waals surface area contributed by atoms with E-state index in [1.54, 1.807) is 18.2 Å². The Hall–Kier alpha value is -3.29. The highest BCUT2D eigenvalue weighted by molar-refractivity contribution is 5.69. The van der Waals surface area contributed by atoms with Crippen molar-refractivity contribution in [1.29, 1.82) is 0 Å². The van der Waals surface area contributed by atoms with E-state index in [-0.39, 0.29) is 36.0 Å². The van der Waals surface area contributed by atoms with Gasteiger partial charge in [-0.15, -0.1) is 0 Å². The fourth-order valence-corrected chi connectivity index (χ4v) is 5.14. The van der Waals surface area contributed by atoms with Gasteiger partial charge in [-0.3, -0.25) is 4.79 Å². The number of carbonyl (C=O) groups is 1. The van der Waals surface area contributed by atoms with E-state index >= 15 is 0 Å². The van der Waals surface area contributed by atoms with E-state index in [0.717, 1.165) is 5.56 Å². The number of rotatable bonds is 14. The average Bonchev–Trinajstić information content (AvgIpc) is 3.07. The van der Waals surface area contributed by atoms with Crippen LogP contribution in [0, 0.1) is 0 Å². The zero-order valence-electron chi connectivity index (χ0n) is 25.6. The molecule has 47 heavy (non-hydrogen) atoms. The maximum absolute atomic E-state index is 12.3. The van der Waals surface area contributed by atoms with Gasteiger partial charge in [-0.25, -0.2) is 0 Å². The van der Waals surface area contributed by atoms with Crippen molar-refractivity contribution in [1.82, 2.24) is 0 Å². The lowest BCUT2D eigenvalue weighted by Crippen LogP contribution is -2.60. The SMILES string of the molecule is COc1cc(CCC(=O)OCCCc2ccc(O[C@@H]3O[C@H](CO)[C@@H](O)[C@H](O)[C@H]3O)c(O)c2)ccc1O[C@@H]1O[C@H](CO)[C@@H](O)[C@H](O)[C@H]1O. The first-order valence-electron chi connectivity index (χ1n) is 15.1. The largest absolute Gasteiger partial charge is 0.504 e. The van der Waals surface area contributed by atoms with Crippen LogP contribution in [0.2, 0.25) is 0 Å². The van der Waals surface area contributed by atoms with Crippen LogP contribution in [-0.4, -0.2) is 140 Å². The first kappa shape index (κ1) is 36.5. The summed E-state index contributed by atoms with van der Waals surface area (Å²) in [7, 11) is 1.40. The van der Waals surface area contributed by atoms with Gasteiger partial charge in [-0.2, -0.15) is 0 Å². The molecule has 2 aromatic carbocycles. The van der Waals surface area contributed by atoms with Gasteiger partial charge < -0.3 is 74.4 Å². The number of aliphatic hydroxyl groups excluding tert-OH is 8. The first-order chi connectivity index (χ1) is 22.5. The molecule has 2 saturated heterocycles. The number of benzene rings is 2. The molecule has 262 valence electrons. The molecular weight excluding hydrogens is 628 g/mol. The number of aromatic hydroxyl groups is 1. The summed E-state index contributed by atoms with van der Waals surface area (Å²) in [6.07, 6.45) is -13.3. The lowest BCUT2D eigenvalue weighted by molar-refractivity contribution is -0.277. The molecule has 0 aromatic heterocycles. The number of hydrogen-bond donors (Lipinski definition) is 9. The van der Waals surface area contributed by atoms with Crippen molar-refractivity contribution < 1.29 is 79.2 Å². The van der Waals surface area contributed by atoms with Crippen LogP contribution in [0.4, 0.5) is 0 Å². The molecule has 0 saturated carbocycles. The number of hydrogen-bond acceptors (Lipinski definition) is 16. The fraction of sp³-hybridized carbons (Fsp3) is 0.581. The second-order valence-corrected chi connectivity index (χ2v) is 11.2. The van der Waals surface area contributed by atoms with Crippen LogP contribution in [-0.2, 0) is 31.8 Å². The maximum Gasteiger partial charge on any atom is 0.306 e. The Morgan fingerprint density at radius 2 is 1.23 bits per heavy atom. The normalized spacial score (nSPS) is 30.8. The van der Waals surface area contributed by atoms with Crippen molar-refractivity contribution in [3.8, 4) is 23.0 Å². The van der Waals surface area contributed by atoms with E-state index in [1.807, 2.05) is 0 Å². The second-order valence-electron chi connectivity index (χ2n) is 11.2. The van der Waals surface area contributed by atoms with Gasteiger partial charge in [0.25, 0.3) is 0 Å². The highest BCUT2D eigenvalue weighted by Crippen LogP contribution is 2.33. The van der Waals surface area contributed by atoms with Gasteiger partial charge in [0.1, 0.15) is 48.8 Å². The predicted molar refractivity (Wildman–Crippen MR) is 157 cm³/mol. The van der Waals surface area contributed by atoms with E-state index in [9.17, 15) is 50.8 Å². The number of aryl methyl sites for hydroxylation is 2. The molecule has 2 heterocycles. The van der Waals surface area contributed by atoms with Crippen molar-refractivity contribution >= 4 is 5.97 Å². The number of phenolic OH excluding ortho intramolecular Hbond substituents is 1. The Kier molecular flexibility index (Phi) is 13.0. The van der Waals surface area contributed by atoms with Crippen LogP contribution in [0.25, 0.3) is 0 Å². The topological polar surface area (TPSA) is 255 Å². The molecule has 0 spiro atoms. The Labute approximate surface area is 269 Å². The van der Waals surface area contributed by atoms with Crippen LogP contribution in [0.1, 0.15) is 24.0 Å². The number of carbonyl (C=O) groups excluding carboxylic acids is 1. The highest BCUT2D eigenvalue weighted by Gasteiger charge is 2.46. The van der Waals surface area contributed by atoms with Crippen LogP contribution in [0.5, 0.6) is 23.0 Å². The average molecular weight is 671 g/mol. The molecule has 16 heteroatoms. The smallest absolute Gasteiger partial charge is 0.306 e. The minimum Gasteiger partial charge on any atom is -0.504 e. The third-order valence-electron chi connectivity index (χ3n) is 7.93. The van der Waals surface area contributed by atoms with Crippen molar-refractivity contribution in [2.75, 3.05) is 26.9 Å². The van der Waals surface area contributed by atoms with Gasteiger partial charge in [0.2, 0.25) is 12.6 Å². The summed E-state index contributed by atoms with van der Waals surface area (Å²) in [4.78, 5) is 12.3. The maximum atomic E-state index is 12.3. The molecule has 16 nitrogen and oxygen atoms in total. The Morgan fingerprint density at radius 3 is 1.77 bits per heavy atom. The van der Waals surface area contributed by atoms with Crippen LogP contribution >= 0.6 is 0 Å². The van der Waals surface area contributed by atoms with Crippen molar-refractivity contribution in [3.63, 3.8) is 0 Å². The van der Waals surface area contributed by atoms with Gasteiger partial charge >= 0.3 is 5.97 Å². The first-order valence-corrected chi connectivity index (χ1v) is 15.1. The molecular formula is C31H42O16. The molecule has 0 radical (unpaired) electrons. The number of esters is 1. The molecule has 0 unspecified atom stereocenters. The van der Waals surface area contributed by atoms with Gasteiger partial charge in [0.05, 0.1) is 26.9 Å². The molecule has 0 amide bonds. The summed E-state index contributed by atoms with van der Waals surface area (Å²) < 4.78 is 32.5. The lowest BCUT2D eigenvalue weighted by Gasteiger charge is -2.39. The summed E-state index contributed by atoms with van der Waals surface area (Å²) in [6, 6.07) is 9.36. The molecule has 2 fully saturated rings. The van der Waals surface area contributed by atoms with Crippen LogP contribution in [0.15, 0.2) is 36.4 Å². The van der Waals surface area contributed by atoms with Gasteiger partial charge in [-0.1, -0.05) is 12.1 Å². The van der Waals surface area contributed by atoms with Crippen molar-refractivity contribution in [2.24, 2.45) is 0 Å². The summed E-state index contributed by atoms with van der Waals surface area (Å²) in [5.41, 5.74) is 1.43. The molecule has 2 aliphatic heterocycles. The molecule has 10 atom stereocenters. The Morgan fingerprint density at radius 1 is 0.702 bits per heavy atom. The second kappa shape index (κ2) is 16.7. The third-order valence-corrected chi connectivity index (χ3v) is 7.93. The van der Waals surface area contributed by atoms with E-state index in [1.165, 1.54) is 25.3 Å². The Bertz CT molecular complexity index is 1300.